The molecule has 0 radical (unpaired) electrons. The molecule has 130 valence electrons. The molecule has 0 aliphatic heterocycles. The van der Waals surface area contributed by atoms with E-state index in [1.807, 2.05) is 47.8 Å². The standard InChI is InChI=1S/C19H16ClN5S/c1-11-6-7-15(8-12(11)2)25-18(21)17(23-24-25)19-22-16(10-26-19)13-4-3-5-14(20)9-13/h3-10H,21H2,1-2H3. The van der Waals surface area contributed by atoms with Crippen molar-refractivity contribution in [3.63, 3.8) is 0 Å². The number of anilines is 1. The number of hydrogen-bond donors (Lipinski definition) is 1. The second-order valence-corrected chi connectivity index (χ2v) is 7.35. The third-order valence-corrected chi connectivity index (χ3v) is 5.35. The van der Waals surface area contributed by atoms with Crippen LogP contribution in [-0.2, 0) is 0 Å². The summed E-state index contributed by atoms with van der Waals surface area (Å²) in [5.41, 5.74) is 12.0. The molecule has 0 spiro atoms. The normalized spacial score (nSPS) is 11.0. The quantitative estimate of drug-likeness (QED) is 0.547. The Morgan fingerprint density at radius 3 is 2.69 bits per heavy atom. The van der Waals surface area contributed by atoms with Gasteiger partial charge in [-0.2, -0.15) is 4.68 Å². The molecule has 0 saturated carbocycles. The van der Waals surface area contributed by atoms with Gasteiger partial charge in [0, 0.05) is 16.0 Å². The molecule has 0 saturated heterocycles. The fourth-order valence-electron chi connectivity index (χ4n) is 2.65. The Kier molecular flexibility index (Phi) is 4.22. The Labute approximate surface area is 160 Å². The molecule has 0 aliphatic rings. The molecule has 4 rings (SSSR count). The maximum atomic E-state index is 6.31. The van der Waals surface area contributed by atoms with Crippen LogP contribution >= 0.6 is 22.9 Å². The van der Waals surface area contributed by atoms with E-state index >= 15 is 0 Å². The Hall–Kier alpha value is -2.70. The van der Waals surface area contributed by atoms with Crippen molar-refractivity contribution in [3.05, 3.63) is 64.0 Å². The summed E-state index contributed by atoms with van der Waals surface area (Å²) < 4.78 is 1.64. The van der Waals surface area contributed by atoms with E-state index in [1.165, 1.54) is 22.5 Å². The van der Waals surface area contributed by atoms with E-state index in [0.29, 0.717) is 16.5 Å². The summed E-state index contributed by atoms with van der Waals surface area (Å²) in [6.07, 6.45) is 0. The van der Waals surface area contributed by atoms with Gasteiger partial charge < -0.3 is 5.73 Å². The van der Waals surface area contributed by atoms with Crippen LogP contribution in [0.5, 0.6) is 0 Å². The number of rotatable bonds is 3. The van der Waals surface area contributed by atoms with Crippen molar-refractivity contribution in [3.8, 4) is 27.6 Å². The number of thiazole rings is 1. The highest BCUT2D eigenvalue weighted by molar-refractivity contribution is 7.13. The topological polar surface area (TPSA) is 69.6 Å². The maximum absolute atomic E-state index is 6.31. The molecule has 0 bridgehead atoms. The number of nitrogens with zero attached hydrogens (tertiary/aromatic N) is 4. The second kappa shape index (κ2) is 6.55. The summed E-state index contributed by atoms with van der Waals surface area (Å²) >= 11 is 7.55. The molecule has 2 aromatic carbocycles. The lowest BCUT2D eigenvalue weighted by Crippen LogP contribution is -2.03. The molecule has 0 fully saturated rings. The van der Waals surface area contributed by atoms with Gasteiger partial charge in [-0.15, -0.1) is 16.4 Å². The Morgan fingerprint density at radius 1 is 1.08 bits per heavy atom. The summed E-state index contributed by atoms with van der Waals surface area (Å²) in [5, 5.41) is 11.8. The lowest BCUT2D eigenvalue weighted by Gasteiger charge is -2.06. The van der Waals surface area contributed by atoms with Crippen molar-refractivity contribution in [2.75, 3.05) is 5.73 Å². The molecule has 0 atom stereocenters. The molecule has 0 amide bonds. The highest BCUT2D eigenvalue weighted by atomic mass is 35.5. The van der Waals surface area contributed by atoms with Gasteiger partial charge in [0.2, 0.25) is 0 Å². The highest BCUT2D eigenvalue weighted by Gasteiger charge is 2.17. The van der Waals surface area contributed by atoms with E-state index in [1.54, 1.807) is 4.68 Å². The number of hydrogen-bond acceptors (Lipinski definition) is 5. The molecule has 2 N–H and O–H groups in total. The lowest BCUT2D eigenvalue weighted by molar-refractivity contribution is 0.809. The molecule has 2 heterocycles. The van der Waals surface area contributed by atoms with Crippen LogP contribution in [0, 0.1) is 13.8 Å². The summed E-state index contributed by atoms with van der Waals surface area (Å²) in [5.74, 6) is 0.472. The van der Waals surface area contributed by atoms with Crippen LogP contribution in [0.3, 0.4) is 0 Å². The van der Waals surface area contributed by atoms with Crippen LogP contribution in [0.25, 0.3) is 27.6 Å². The van der Waals surface area contributed by atoms with Gasteiger partial charge in [-0.3, -0.25) is 0 Å². The van der Waals surface area contributed by atoms with Gasteiger partial charge >= 0.3 is 0 Å². The molecule has 4 aromatic rings. The van der Waals surface area contributed by atoms with Gasteiger partial charge in [0.15, 0.2) is 11.5 Å². The molecule has 0 unspecified atom stereocenters. The van der Waals surface area contributed by atoms with Crippen LogP contribution in [0.1, 0.15) is 11.1 Å². The van der Waals surface area contributed by atoms with Gasteiger partial charge in [-0.25, -0.2) is 4.98 Å². The fourth-order valence-corrected chi connectivity index (χ4v) is 3.66. The maximum Gasteiger partial charge on any atom is 0.165 e. The summed E-state index contributed by atoms with van der Waals surface area (Å²) in [6, 6.07) is 13.7. The third-order valence-electron chi connectivity index (χ3n) is 4.27. The largest absolute Gasteiger partial charge is 0.382 e. The number of halogens is 1. The van der Waals surface area contributed by atoms with E-state index in [4.69, 9.17) is 17.3 Å². The average Bonchev–Trinajstić information content (AvgIpc) is 3.24. The minimum Gasteiger partial charge on any atom is -0.382 e. The molecule has 7 heteroatoms. The number of aromatic nitrogens is 4. The Bertz CT molecular complexity index is 1100. The van der Waals surface area contributed by atoms with Gasteiger partial charge in [0.25, 0.3) is 0 Å². The minimum absolute atomic E-state index is 0.472. The predicted octanol–water partition coefficient (Wildman–Crippen LogP) is 4.91. The zero-order valence-electron chi connectivity index (χ0n) is 14.3. The highest BCUT2D eigenvalue weighted by Crippen LogP contribution is 2.32. The fraction of sp³-hybridized carbons (Fsp3) is 0.105. The van der Waals surface area contributed by atoms with Crippen LogP contribution < -0.4 is 5.73 Å². The monoisotopic (exact) mass is 381 g/mol. The van der Waals surface area contributed by atoms with Crippen LogP contribution in [0.4, 0.5) is 5.82 Å². The zero-order chi connectivity index (χ0) is 18.3. The number of nitrogens with two attached hydrogens (primary N) is 1. The summed E-state index contributed by atoms with van der Waals surface area (Å²) in [6.45, 7) is 4.13. The van der Waals surface area contributed by atoms with E-state index in [-0.39, 0.29) is 0 Å². The van der Waals surface area contributed by atoms with Gasteiger partial charge in [0.1, 0.15) is 5.01 Å². The molecule has 5 nitrogen and oxygen atoms in total. The molecular formula is C19H16ClN5S. The van der Waals surface area contributed by atoms with Crippen LogP contribution in [0.2, 0.25) is 5.02 Å². The molecular weight excluding hydrogens is 366 g/mol. The van der Waals surface area contributed by atoms with Crippen LogP contribution in [0.15, 0.2) is 47.8 Å². The number of aryl methyl sites for hydroxylation is 2. The first-order valence-corrected chi connectivity index (χ1v) is 9.29. The summed E-state index contributed by atoms with van der Waals surface area (Å²) in [4.78, 5) is 4.66. The molecule has 26 heavy (non-hydrogen) atoms. The van der Waals surface area contributed by atoms with Gasteiger partial charge in [-0.1, -0.05) is 35.0 Å². The first kappa shape index (κ1) is 16.8. The lowest BCUT2D eigenvalue weighted by atomic mass is 10.1. The van der Waals surface area contributed by atoms with Crippen molar-refractivity contribution < 1.29 is 0 Å². The third kappa shape index (κ3) is 2.98. The van der Waals surface area contributed by atoms with Crippen molar-refractivity contribution in [1.29, 1.82) is 0 Å². The minimum atomic E-state index is 0.472. The molecule has 2 aromatic heterocycles. The Morgan fingerprint density at radius 2 is 1.92 bits per heavy atom. The van der Waals surface area contributed by atoms with E-state index in [2.05, 4.69) is 29.1 Å². The van der Waals surface area contributed by atoms with Crippen LogP contribution in [-0.4, -0.2) is 20.0 Å². The van der Waals surface area contributed by atoms with E-state index in [9.17, 15) is 0 Å². The predicted molar refractivity (Wildman–Crippen MR) is 107 cm³/mol. The van der Waals surface area contributed by atoms with E-state index < -0.39 is 0 Å². The van der Waals surface area contributed by atoms with Gasteiger partial charge in [0.05, 0.1) is 11.4 Å². The van der Waals surface area contributed by atoms with Crippen molar-refractivity contribution in [1.82, 2.24) is 20.0 Å². The molecule has 0 aliphatic carbocycles. The Balaban J connectivity index is 1.72. The smallest absolute Gasteiger partial charge is 0.165 e. The summed E-state index contributed by atoms with van der Waals surface area (Å²) in [7, 11) is 0. The van der Waals surface area contributed by atoms with E-state index in [0.717, 1.165) is 22.0 Å². The number of benzene rings is 2. The average molecular weight is 382 g/mol. The zero-order valence-corrected chi connectivity index (χ0v) is 15.8. The van der Waals surface area contributed by atoms with Crippen molar-refractivity contribution in [2.45, 2.75) is 13.8 Å². The first-order valence-electron chi connectivity index (χ1n) is 8.03. The van der Waals surface area contributed by atoms with Crippen molar-refractivity contribution in [2.24, 2.45) is 0 Å². The number of nitrogen functional groups attached to an aromatic ring is 1. The SMILES string of the molecule is Cc1ccc(-n2nnc(-c3nc(-c4cccc(Cl)c4)cs3)c2N)cc1C. The first-order chi connectivity index (χ1) is 12.5. The van der Waals surface area contributed by atoms with Gasteiger partial charge in [-0.05, 0) is 49.2 Å². The van der Waals surface area contributed by atoms with Crippen molar-refractivity contribution >= 4 is 28.8 Å². The second-order valence-electron chi connectivity index (χ2n) is 6.05.